The van der Waals surface area contributed by atoms with Crippen LogP contribution < -0.4 is 0 Å². The van der Waals surface area contributed by atoms with E-state index in [0.717, 1.165) is 23.3 Å². The van der Waals surface area contributed by atoms with Crippen molar-refractivity contribution in [1.82, 2.24) is 4.90 Å². The maximum Gasteiger partial charge on any atom is 0.165 e. The van der Waals surface area contributed by atoms with Gasteiger partial charge in [-0.3, -0.25) is 4.79 Å². The summed E-state index contributed by atoms with van der Waals surface area (Å²) in [4.78, 5) is 14.2. The monoisotopic (exact) mass is 349 g/mol. The van der Waals surface area contributed by atoms with E-state index in [4.69, 9.17) is 11.6 Å². The maximum absolute atomic E-state index is 12.0. The molecule has 18 heavy (non-hydrogen) atoms. The molecule has 0 radical (unpaired) electrons. The highest BCUT2D eigenvalue weighted by Crippen LogP contribution is 2.22. The number of benzene rings is 1. The van der Waals surface area contributed by atoms with Gasteiger partial charge in [0, 0.05) is 35.3 Å². The van der Waals surface area contributed by atoms with Crippen LogP contribution in [-0.4, -0.2) is 42.8 Å². The summed E-state index contributed by atoms with van der Waals surface area (Å²) in [5.41, 5.74) is 0.609. The van der Waals surface area contributed by atoms with E-state index in [1.807, 2.05) is 24.9 Å². The van der Waals surface area contributed by atoms with E-state index in [0.29, 0.717) is 17.0 Å². The first-order valence-corrected chi connectivity index (χ1v) is 8.27. The zero-order chi connectivity index (χ0) is 13.5. The van der Waals surface area contributed by atoms with Crippen LogP contribution in [0.1, 0.15) is 16.8 Å². The third kappa shape index (κ3) is 5.31. The Balaban J connectivity index is 2.50. The third-order valence-corrected chi connectivity index (χ3v) is 4.03. The molecule has 100 valence electrons. The molecule has 1 aromatic carbocycles. The smallest absolute Gasteiger partial charge is 0.165 e. The van der Waals surface area contributed by atoms with Gasteiger partial charge in [-0.25, -0.2) is 0 Å². The predicted molar refractivity (Wildman–Crippen MR) is 84.0 cm³/mol. The topological polar surface area (TPSA) is 20.3 Å². The van der Waals surface area contributed by atoms with Gasteiger partial charge in [0.2, 0.25) is 0 Å². The van der Waals surface area contributed by atoms with E-state index in [1.54, 1.807) is 12.1 Å². The molecule has 0 bridgehead atoms. The lowest BCUT2D eigenvalue weighted by molar-refractivity contribution is 0.0970. The first kappa shape index (κ1) is 16.0. The summed E-state index contributed by atoms with van der Waals surface area (Å²) < 4.78 is 0.890. The second-order valence-electron chi connectivity index (χ2n) is 4.09. The fraction of sp³-hybridized carbons (Fsp3) is 0.462. The summed E-state index contributed by atoms with van der Waals surface area (Å²) >= 11 is 11.2. The van der Waals surface area contributed by atoms with Crippen LogP contribution in [-0.2, 0) is 0 Å². The van der Waals surface area contributed by atoms with Gasteiger partial charge < -0.3 is 4.90 Å². The van der Waals surface area contributed by atoms with Crippen LogP contribution in [0.5, 0.6) is 0 Å². The number of rotatable bonds is 7. The van der Waals surface area contributed by atoms with Crippen molar-refractivity contribution < 1.29 is 4.79 Å². The molecular formula is C13H17BrClNOS. The van der Waals surface area contributed by atoms with Crippen LogP contribution in [0, 0.1) is 0 Å². The predicted octanol–water partition coefficient (Wildman–Crippen LogP) is 3.97. The van der Waals surface area contributed by atoms with Gasteiger partial charge in [-0.1, -0.05) is 27.5 Å². The Labute approximate surface area is 126 Å². The highest BCUT2D eigenvalue weighted by molar-refractivity contribution is 9.10. The van der Waals surface area contributed by atoms with Crippen molar-refractivity contribution in [2.45, 2.75) is 6.42 Å². The van der Waals surface area contributed by atoms with E-state index >= 15 is 0 Å². The Kier molecular flexibility index (Phi) is 7.30. The van der Waals surface area contributed by atoms with Crippen molar-refractivity contribution in [3.63, 3.8) is 0 Å². The van der Waals surface area contributed by atoms with E-state index in [2.05, 4.69) is 27.1 Å². The molecule has 0 aliphatic carbocycles. The van der Waals surface area contributed by atoms with Gasteiger partial charge in [0.15, 0.2) is 5.78 Å². The molecule has 1 rings (SSSR count). The summed E-state index contributed by atoms with van der Waals surface area (Å²) in [7, 11) is 2.03. The second-order valence-corrected chi connectivity index (χ2v) is 6.40. The molecule has 0 saturated heterocycles. The number of hydrogen-bond acceptors (Lipinski definition) is 3. The van der Waals surface area contributed by atoms with Crippen LogP contribution in [0.2, 0.25) is 5.02 Å². The molecule has 1 aromatic rings. The first-order chi connectivity index (χ1) is 8.54. The molecule has 0 aliphatic rings. The average Bonchev–Trinajstić information content (AvgIpc) is 2.33. The first-order valence-electron chi connectivity index (χ1n) is 5.70. The second kappa shape index (κ2) is 8.20. The van der Waals surface area contributed by atoms with Crippen molar-refractivity contribution in [3.05, 3.63) is 33.3 Å². The fourth-order valence-corrected chi connectivity index (χ4v) is 2.77. The Morgan fingerprint density at radius 1 is 1.44 bits per heavy atom. The molecule has 2 nitrogen and oxygen atoms in total. The number of Topliss-reactive ketones (excluding diaryl/α,β-unsaturated/α-hetero) is 1. The van der Waals surface area contributed by atoms with Crippen molar-refractivity contribution >= 4 is 45.1 Å². The molecule has 5 heteroatoms. The largest absolute Gasteiger partial charge is 0.305 e. The molecule has 0 aromatic heterocycles. The Morgan fingerprint density at radius 3 is 2.78 bits per heavy atom. The van der Waals surface area contributed by atoms with Gasteiger partial charge in [0.1, 0.15) is 0 Å². The summed E-state index contributed by atoms with van der Waals surface area (Å²) in [5.74, 6) is 1.19. The minimum atomic E-state index is 0.100. The molecule has 0 N–H and O–H groups in total. The van der Waals surface area contributed by atoms with E-state index < -0.39 is 0 Å². The number of hydrogen-bond donors (Lipinski definition) is 0. The van der Waals surface area contributed by atoms with Crippen LogP contribution in [0.25, 0.3) is 0 Å². The van der Waals surface area contributed by atoms with Crippen LogP contribution in [0.3, 0.4) is 0 Å². The summed E-state index contributed by atoms with van der Waals surface area (Å²) in [6, 6.07) is 5.37. The maximum atomic E-state index is 12.0. The number of carbonyl (C=O) groups is 1. The lowest BCUT2D eigenvalue weighted by atomic mass is 10.1. The molecule has 0 atom stereocenters. The summed E-state index contributed by atoms with van der Waals surface area (Å²) in [6.45, 7) is 1.77. The Bertz CT molecular complexity index is 414. The zero-order valence-corrected chi connectivity index (χ0v) is 13.7. The molecule has 0 heterocycles. The lowest BCUT2D eigenvalue weighted by Gasteiger charge is -2.15. The normalized spacial score (nSPS) is 10.9. The Hall–Kier alpha value is -0.0300. The van der Waals surface area contributed by atoms with Gasteiger partial charge in [0.05, 0.1) is 5.02 Å². The molecule has 0 amide bonds. The van der Waals surface area contributed by atoms with Crippen molar-refractivity contribution in [3.8, 4) is 0 Å². The summed E-state index contributed by atoms with van der Waals surface area (Å²) in [6.07, 6.45) is 2.59. The number of ketones is 1. The SMILES string of the molecule is CSCCN(C)CCC(=O)c1ccc(Br)cc1Cl. The van der Waals surface area contributed by atoms with Crippen LogP contribution in [0.4, 0.5) is 0 Å². The average molecular weight is 351 g/mol. The molecular weight excluding hydrogens is 334 g/mol. The number of nitrogens with zero attached hydrogens (tertiary/aromatic N) is 1. The van der Waals surface area contributed by atoms with Gasteiger partial charge in [-0.05, 0) is 31.5 Å². The highest BCUT2D eigenvalue weighted by atomic mass is 79.9. The molecule has 0 fully saturated rings. The highest BCUT2D eigenvalue weighted by Gasteiger charge is 2.11. The fourth-order valence-electron chi connectivity index (χ4n) is 1.50. The third-order valence-electron chi connectivity index (χ3n) is 2.63. The molecule has 0 spiro atoms. The van der Waals surface area contributed by atoms with E-state index in [-0.39, 0.29) is 5.78 Å². The number of thioether (sulfide) groups is 1. The van der Waals surface area contributed by atoms with Crippen molar-refractivity contribution in [2.75, 3.05) is 32.1 Å². The van der Waals surface area contributed by atoms with Gasteiger partial charge in [-0.15, -0.1) is 0 Å². The number of halogens is 2. The molecule has 0 aliphatic heterocycles. The van der Waals surface area contributed by atoms with E-state index in [9.17, 15) is 4.79 Å². The van der Waals surface area contributed by atoms with Crippen LogP contribution in [0.15, 0.2) is 22.7 Å². The summed E-state index contributed by atoms with van der Waals surface area (Å²) in [5, 5.41) is 0.515. The molecule has 0 saturated carbocycles. The van der Waals surface area contributed by atoms with Crippen molar-refractivity contribution in [2.24, 2.45) is 0 Å². The van der Waals surface area contributed by atoms with Crippen molar-refractivity contribution in [1.29, 1.82) is 0 Å². The Morgan fingerprint density at radius 2 is 2.17 bits per heavy atom. The van der Waals surface area contributed by atoms with E-state index in [1.165, 1.54) is 0 Å². The zero-order valence-electron chi connectivity index (χ0n) is 10.6. The quantitative estimate of drug-likeness (QED) is 0.694. The lowest BCUT2D eigenvalue weighted by Crippen LogP contribution is -2.24. The minimum absolute atomic E-state index is 0.100. The van der Waals surface area contributed by atoms with Crippen LogP contribution >= 0.6 is 39.3 Å². The minimum Gasteiger partial charge on any atom is -0.305 e. The van der Waals surface area contributed by atoms with Gasteiger partial charge >= 0.3 is 0 Å². The molecule has 0 unspecified atom stereocenters. The van der Waals surface area contributed by atoms with Gasteiger partial charge in [-0.2, -0.15) is 11.8 Å². The number of carbonyl (C=O) groups excluding carboxylic acids is 1. The van der Waals surface area contributed by atoms with Gasteiger partial charge in [0.25, 0.3) is 0 Å². The standard InChI is InChI=1S/C13H17BrClNOS/c1-16(7-8-18-2)6-5-13(17)11-4-3-10(14)9-12(11)15/h3-4,9H,5-8H2,1-2H3.